The highest BCUT2D eigenvalue weighted by atomic mass is 32.2. The van der Waals surface area contributed by atoms with Crippen LogP contribution in [0.3, 0.4) is 0 Å². The number of nitrogens with one attached hydrogen (secondary N) is 1. The fourth-order valence-electron chi connectivity index (χ4n) is 2.01. The zero-order chi connectivity index (χ0) is 15.4. The Bertz CT molecular complexity index is 637. The molecule has 0 spiro atoms. The Morgan fingerprint density at radius 1 is 1.43 bits per heavy atom. The van der Waals surface area contributed by atoms with E-state index in [9.17, 15) is 9.18 Å². The first-order chi connectivity index (χ1) is 10.0. The lowest BCUT2D eigenvalue weighted by Crippen LogP contribution is -2.23. The first kappa shape index (κ1) is 15.8. The average Bonchev–Trinajstić information content (AvgIpc) is 2.81. The van der Waals surface area contributed by atoms with Crippen LogP contribution in [0.4, 0.5) is 4.39 Å². The highest BCUT2D eigenvalue weighted by Crippen LogP contribution is 2.29. The molecule has 2 rings (SSSR count). The quantitative estimate of drug-likeness (QED) is 0.803. The van der Waals surface area contributed by atoms with Gasteiger partial charge in [0.1, 0.15) is 5.82 Å². The number of thioether (sulfide) groups is 1. The Hall–Kier alpha value is -1.60. The molecule has 2 unspecified atom stereocenters. The summed E-state index contributed by atoms with van der Waals surface area (Å²) < 4.78 is 14.5. The van der Waals surface area contributed by atoms with Crippen molar-refractivity contribution in [3.63, 3.8) is 0 Å². The van der Waals surface area contributed by atoms with E-state index in [0.29, 0.717) is 11.7 Å². The first-order valence-electron chi connectivity index (χ1n) is 6.85. The molecule has 3 N–H and O–H groups in total. The van der Waals surface area contributed by atoms with Gasteiger partial charge in [-0.3, -0.25) is 4.57 Å². The third kappa shape index (κ3) is 3.74. The average molecular weight is 310 g/mol. The third-order valence-corrected chi connectivity index (χ3v) is 4.41. The van der Waals surface area contributed by atoms with Gasteiger partial charge in [-0.05, 0) is 24.1 Å². The number of rotatable bonds is 6. The van der Waals surface area contributed by atoms with Crippen LogP contribution in [0.5, 0.6) is 0 Å². The molecule has 1 aromatic heterocycles. The van der Waals surface area contributed by atoms with Crippen LogP contribution >= 0.6 is 11.8 Å². The SMILES string of the molecule is CCCn1c(SC(C)C(N)c2ccc(F)cc2)n[nH]c1=O. The van der Waals surface area contributed by atoms with Crippen molar-refractivity contribution >= 4 is 11.8 Å². The van der Waals surface area contributed by atoms with Crippen LogP contribution in [0.1, 0.15) is 31.9 Å². The molecule has 0 aliphatic rings. The fraction of sp³-hybridized carbons (Fsp3) is 0.429. The molecule has 0 radical (unpaired) electrons. The third-order valence-electron chi connectivity index (χ3n) is 3.22. The number of hydrogen-bond donors (Lipinski definition) is 2. The molecule has 2 aromatic rings. The molecule has 5 nitrogen and oxygen atoms in total. The molecule has 1 aromatic carbocycles. The van der Waals surface area contributed by atoms with Crippen molar-refractivity contribution in [2.75, 3.05) is 0 Å². The number of H-pyrrole nitrogens is 1. The molecular weight excluding hydrogens is 291 g/mol. The van der Waals surface area contributed by atoms with Gasteiger partial charge >= 0.3 is 5.69 Å². The largest absolute Gasteiger partial charge is 0.343 e. The Morgan fingerprint density at radius 3 is 2.71 bits per heavy atom. The molecule has 2 atom stereocenters. The smallest absolute Gasteiger partial charge is 0.323 e. The van der Waals surface area contributed by atoms with Gasteiger partial charge in [0.15, 0.2) is 5.16 Å². The zero-order valence-corrected chi connectivity index (χ0v) is 12.9. The van der Waals surface area contributed by atoms with Gasteiger partial charge in [0.05, 0.1) is 0 Å². The van der Waals surface area contributed by atoms with Crippen LogP contribution in [0.25, 0.3) is 0 Å². The molecule has 21 heavy (non-hydrogen) atoms. The number of aromatic nitrogens is 3. The summed E-state index contributed by atoms with van der Waals surface area (Å²) in [5.41, 5.74) is 6.85. The van der Waals surface area contributed by atoms with Crippen molar-refractivity contribution in [1.82, 2.24) is 14.8 Å². The minimum Gasteiger partial charge on any atom is -0.323 e. The summed E-state index contributed by atoms with van der Waals surface area (Å²) >= 11 is 1.44. The van der Waals surface area contributed by atoms with E-state index in [0.717, 1.165) is 12.0 Å². The maximum absolute atomic E-state index is 12.9. The van der Waals surface area contributed by atoms with E-state index < -0.39 is 0 Å². The minimum atomic E-state index is -0.282. The second-order valence-electron chi connectivity index (χ2n) is 4.86. The summed E-state index contributed by atoms with van der Waals surface area (Å²) in [7, 11) is 0. The molecule has 0 fully saturated rings. The Kier molecular flexibility index (Phi) is 5.19. The lowest BCUT2D eigenvalue weighted by molar-refractivity contribution is 0.600. The van der Waals surface area contributed by atoms with Gasteiger partial charge in [0, 0.05) is 17.8 Å². The predicted molar refractivity (Wildman–Crippen MR) is 81.8 cm³/mol. The van der Waals surface area contributed by atoms with Crippen molar-refractivity contribution in [3.8, 4) is 0 Å². The van der Waals surface area contributed by atoms with Crippen molar-refractivity contribution < 1.29 is 4.39 Å². The van der Waals surface area contributed by atoms with E-state index in [1.54, 1.807) is 16.7 Å². The van der Waals surface area contributed by atoms with Crippen LogP contribution in [0, 0.1) is 5.82 Å². The predicted octanol–water partition coefficient (Wildman–Crippen LogP) is 2.30. The van der Waals surface area contributed by atoms with Crippen LogP contribution in [-0.2, 0) is 6.54 Å². The summed E-state index contributed by atoms with van der Waals surface area (Å²) in [4.78, 5) is 11.6. The Labute approximate surface area is 126 Å². The molecule has 0 saturated carbocycles. The lowest BCUT2D eigenvalue weighted by atomic mass is 10.1. The molecule has 0 aliphatic heterocycles. The summed E-state index contributed by atoms with van der Waals surface area (Å²) in [6.07, 6.45) is 0.853. The van der Waals surface area contributed by atoms with Crippen molar-refractivity contribution in [3.05, 3.63) is 46.1 Å². The van der Waals surface area contributed by atoms with Crippen LogP contribution < -0.4 is 11.4 Å². The number of aromatic amines is 1. The van der Waals surface area contributed by atoms with Crippen molar-refractivity contribution in [1.29, 1.82) is 0 Å². The maximum Gasteiger partial charge on any atom is 0.343 e. The second kappa shape index (κ2) is 6.91. The van der Waals surface area contributed by atoms with Crippen LogP contribution in [0.15, 0.2) is 34.2 Å². The van der Waals surface area contributed by atoms with E-state index in [-0.39, 0.29) is 22.8 Å². The van der Waals surface area contributed by atoms with Gasteiger partial charge in [-0.15, -0.1) is 5.10 Å². The normalized spacial score (nSPS) is 14.1. The van der Waals surface area contributed by atoms with Gasteiger partial charge in [0.25, 0.3) is 0 Å². The molecule has 0 amide bonds. The number of nitrogens with two attached hydrogens (primary N) is 1. The van der Waals surface area contributed by atoms with E-state index in [2.05, 4.69) is 10.2 Å². The number of halogens is 1. The number of hydrogen-bond acceptors (Lipinski definition) is 4. The Morgan fingerprint density at radius 2 is 2.10 bits per heavy atom. The molecule has 7 heteroatoms. The molecule has 1 heterocycles. The summed E-state index contributed by atoms with van der Waals surface area (Å²) in [6.45, 7) is 4.59. The topological polar surface area (TPSA) is 76.7 Å². The monoisotopic (exact) mass is 310 g/mol. The molecule has 0 aliphatic carbocycles. The van der Waals surface area contributed by atoms with E-state index in [1.807, 2.05) is 13.8 Å². The highest BCUT2D eigenvalue weighted by molar-refractivity contribution is 7.99. The van der Waals surface area contributed by atoms with Crippen LogP contribution in [0.2, 0.25) is 0 Å². The zero-order valence-electron chi connectivity index (χ0n) is 12.0. The molecule has 0 bridgehead atoms. The minimum absolute atomic E-state index is 0.00117. The van der Waals surface area contributed by atoms with E-state index in [1.165, 1.54) is 23.9 Å². The van der Waals surface area contributed by atoms with Crippen molar-refractivity contribution in [2.24, 2.45) is 5.73 Å². The van der Waals surface area contributed by atoms with Gasteiger partial charge in [0.2, 0.25) is 0 Å². The van der Waals surface area contributed by atoms with Gasteiger partial charge in [-0.2, -0.15) is 0 Å². The van der Waals surface area contributed by atoms with Gasteiger partial charge in [-0.1, -0.05) is 37.7 Å². The van der Waals surface area contributed by atoms with Crippen molar-refractivity contribution in [2.45, 2.75) is 43.3 Å². The van der Waals surface area contributed by atoms with Crippen LogP contribution in [-0.4, -0.2) is 20.0 Å². The lowest BCUT2D eigenvalue weighted by Gasteiger charge is -2.19. The standard InChI is InChI=1S/C14H19FN4OS/c1-3-8-19-13(20)17-18-14(19)21-9(2)12(16)10-4-6-11(15)7-5-10/h4-7,9,12H,3,8,16H2,1-2H3,(H,17,20). The molecular formula is C14H19FN4OS. The van der Waals surface area contributed by atoms with E-state index >= 15 is 0 Å². The summed E-state index contributed by atoms with van der Waals surface area (Å²) in [6, 6.07) is 5.89. The molecule has 0 saturated heterocycles. The van der Waals surface area contributed by atoms with E-state index in [4.69, 9.17) is 5.73 Å². The first-order valence-corrected chi connectivity index (χ1v) is 7.73. The second-order valence-corrected chi connectivity index (χ2v) is 6.21. The van der Waals surface area contributed by atoms with Gasteiger partial charge in [-0.25, -0.2) is 14.3 Å². The van der Waals surface area contributed by atoms with Gasteiger partial charge < -0.3 is 5.73 Å². The fourth-order valence-corrected chi connectivity index (χ4v) is 3.05. The number of benzene rings is 1. The Balaban J connectivity index is 2.12. The summed E-state index contributed by atoms with van der Waals surface area (Å²) in [5, 5.41) is 7.13. The molecule has 114 valence electrons. The summed E-state index contributed by atoms with van der Waals surface area (Å²) in [5.74, 6) is -0.282. The maximum atomic E-state index is 12.9. The highest BCUT2D eigenvalue weighted by Gasteiger charge is 2.19. The number of nitrogens with zero attached hydrogens (tertiary/aromatic N) is 2.